The molecule has 2 rings (SSSR count). The fourth-order valence-electron chi connectivity index (χ4n) is 2.56. The molecule has 1 N–H and O–H groups in total. The van der Waals surface area contributed by atoms with Gasteiger partial charge in [-0.05, 0) is 18.2 Å². The highest BCUT2D eigenvalue weighted by Crippen LogP contribution is 2.20. The number of hydrogen-bond acceptors (Lipinski definition) is 5. The minimum atomic E-state index is -0.552. The van der Waals surface area contributed by atoms with Crippen LogP contribution in [0.1, 0.15) is 22.8 Å². The van der Waals surface area contributed by atoms with Gasteiger partial charge in [-0.25, -0.2) is 4.79 Å². The largest absolute Gasteiger partial charge is 0.496 e. The molecule has 0 aliphatic carbocycles. The molecule has 0 bridgehead atoms. The summed E-state index contributed by atoms with van der Waals surface area (Å²) in [6.07, 6.45) is 0. The number of hydrogen-bond donors (Lipinski definition) is 1. The second kappa shape index (κ2) is 9.38. The number of carbonyl (C=O) groups is 3. The van der Waals surface area contributed by atoms with Gasteiger partial charge in [-0.1, -0.05) is 30.3 Å². The summed E-state index contributed by atoms with van der Waals surface area (Å²) in [7, 11) is 2.82. The molecule has 0 fully saturated rings. The van der Waals surface area contributed by atoms with Gasteiger partial charge in [0.1, 0.15) is 12.3 Å². The number of carbonyl (C=O) groups excluding carboxylic acids is 3. The van der Waals surface area contributed by atoms with Crippen LogP contribution in [0.15, 0.2) is 48.5 Å². The van der Waals surface area contributed by atoms with Crippen molar-refractivity contribution >= 4 is 23.5 Å². The minimum absolute atomic E-state index is 0.164. The Labute approximate surface area is 157 Å². The number of ether oxygens (including phenoxy) is 2. The number of anilines is 1. The van der Waals surface area contributed by atoms with E-state index in [4.69, 9.17) is 9.47 Å². The van der Waals surface area contributed by atoms with Gasteiger partial charge in [-0.3, -0.25) is 9.59 Å². The van der Waals surface area contributed by atoms with Gasteiger partial charge in [0.25, 0.3) is 0 Å². The molecule has 2 amide bonds. The highest BCUT2D eigenvalue weighted by molar-refractivity contribution is 6.02. The monoisotopic (exact) mass is 370 g/mol. The molecule has 0 aliphatic heterocycles. The number of nitrogens with zero attached hydrogens (tertiary/aromatic N) is 1. The number of amides is 2. The van der Waals surface area contributed by atoms with Gasteiger partial charge >= 0.3 is 5.97 Å². The zero-order chi connectivity index (χ0) is 19.8. The molecular weight excluding hydrogens is 348 g/mol. The van der Waals surface area contributed by atoms with E-state index in [9.17, 15) is 14.4 Å². The Bertz CT molecular complexity index is 835. The third-order valence-electron chi connectivity index (χ3n) is 3.94. The van der Waals surface area contributed by atoms with Gasteiger partial charge in [-0.15, -0.1) is 0 Å². The van der Waals surface area contributed by atoms with Crippen LogP contribution >= 0.6 is 0 Å². The second-order valence-electron chi connectivity index (χ2n) is 5.77. The summed E-state index contributed by atoms with van der Waals surface area (Å²) < 4.78 is 10.0. The summed E-state index contributed by atoms with van der Waals surface area (Å²) >= 11 is 0. The molecule has 0 aliphatic rings. The molecule has 142 valence electrons. The van der Waals surface area contributed by atoms with E-state index in [-0.39, 0.29) is 24.6 Å². The number of nitrogens with one attached hydrogen (secondary N) is 1. The molecule has 0 saturated heterocycles. The highest BCUT2D eigenvalue weighted by atomic mass is 16.5. The summed E-state index contributed by atoms with van der Waals surface area (Å²) in [5.74, 6) is -0.586. The molecule has 7 heteroatoms. The first-order valence-corrected chi connectivity index (χ1v) is 8.30. The zero-order valence-corrected chi connectivity index (χ0v) is 15.5. The fraction of sp³-hybridized carbons (Fsp3) is 0.250. The first-order valence-electron chi connectivity index (χ1n) is 8.30. The van der Waals surface area contributed by atoms with E-state index < -0.39 is 11.9 Å². The van der Waals surface area contributed by atoms with Crippen LogP contribution in [-0.2, 0) is 20.9 Å². The fourth-order valence-corrected chi connectivity index (χ4v) is 2.56. The van der Waals surface area contributed by atoms with Gasteiger partial charge < -0.3 is 19.7 Å². The summed E-state index contributed by atoms with van der Waals surface area (Å²) in [4.78, 5) is 37.6. The molecule has 7 nitrogen and oxygen atoms in total. The van der Waals surface area contributed by atoms with Gasteiger partial charge in [0, 0.05) is 19.0 Å². The normalized spacial score (nSPS) is 10.0. The lowest BCUT2D eigenvalue weighted by molar-refractivity contribution is -0.133. The molecule has 2 aromatic rings. The van der Waals surface area contributed by atoms with E-state index >= 15 is 0 Å². The maximum atomic E-state index is 12.4. The Balaban J connectivity index is 2.12. The van der Waals surface area contributed by atoms with E-state index in [1.807, 2.05) is 18.2 Å². The maximum absolute atomic E-state index is 12.4. The topological polar surface area (TPSA) is 84.9 Å². The lowest BCUT2D eigenvalue weighted by atomic mass is 10.1. The summed E-state index contributed by atoms with van der Waals surface area (Å²) in [6, 6.07) is 13.8. The van der Waals surface area contributed by atoms with Crippen molar-refractivity contribution in [3.8, 4) is 5.75 Å². The van der Waals surface area contributed by atoms with Crippen LogP contribution in [0.5, 0.6) is 5.75 Å². The van der Waals surface area contributed by atoms with Crippen molar-refractivity contribution in [2.45, 2.75) is 13.5 Å². The Hall–Kier alpha value is -3.35. The Morgan fingerprint density at radius 3 is 2.33 bits per heavy atom. The van der Waals surface area contributed by atoms with Crippen molar-refractivity contribution in [3.63, 3.8) is 0 Å². The first kappa shape index (κ1) is 20.0. The molecule has 0 aromatic heterocycles. The number of benzene rings is 2. The zero-order valence-electron chi connectivity index (χ0n) is 15.5. The minimum Gasteiger partial charge on any atom is -0.496 e. The lowest BCUT2D eigenvalue weighted by Crippen LogP contribution is -2.36. The predicted octanol–water partition coefficient (Wildman–Crippen LogP) is 2.47. The van der Waals surface area contributed by atoms with Crippen LogP contribution in [0.3, 0.4) is 0 Å². The molecule has 0 unspecified atom stereocenters. The van der Waals surface area contributed by atoms with Crippen molar-refractivity contribution in [2.24, 2.45) is 0 Å². The van der Waals surface area contributed by atoms with Crippen LogP contribution in [-0.4, -0.2) is 43.4 Å². The lowest BCUT2D eigenvalue weighted by Gasteiger charge is -2.22. The molecule has 27 heavy (non-hydrogen) atoms. The molecule has 0 radical (unpaired) electrons. The highest BCUT2D eigenvalue weighted by Gasteiger charge is 2.18. The molecule has 0 heterocycles. The van der Waals surface area contributed by atoms with Gasteiger partial charge in [0.15, 0.2) is 0 Å². The number of methoxy groups -OCH3 is 2. The number of esters is 1. The van der Waals surface area contributed by atoms with E-state index in [0.29, 0.717) is 11.4 Å². The van der Waals surface area contributed by atoms with E-state index in [1.54, 1.807) is 37.4 Å². The summed E-state index contributed by atoms with van der Waals surface area (Å²) in [6.45, 7) is 1.46. The Kier molecular flexibility index (Phi) is 6.93. The van der Waals surface area contributed by atoms with Crippen LogP contribution in [0.25, 0.3) is 0 Å². The van der Waals surface area contributed by atoms with Crippen LogP contribution < -0.4 is 10.1 Å². The Morgan fingerprint density at radius 2 is 1.67 bits per heavy atom. The van der Waals surface area contributed by atoms with Crippen molar-refractivity contribution in [3.05, 3.63) is 59.7 Å². The summed E-state index contributed by atoms with van der Waals surface area (Å²) in [5.41, 5.74) is 1.36. The first-order chi connectivity index (χ1) is 13.0. The SMILES string of the molecule is COC(=O)c1ccccc1NC(=O)CN(Cc1ccccc1OC)C(C)=O. The Morgan fingerprint density at radius 1 is 1.00 bits per heavy atom. The van der Waals surface area contributed by atoms with Crippen LogP contribution in [0.2, 0.25) is 0 Å². The number of rotatable bonds is 7. The molecule has 0 saturated carbocycles. The van der Waals surface area contributed by atoms with E-state index in [1.165, 1.54) is 18.9 Å². The summed E-state index contributed by atoms with van der Waals surface area (Å²) in [5, 5.41) is 2.66. The second-order valence-corrected chi connectivity index (χ2v) is 5.77. The van der Waals surface area contributed by atoms with Crippen molar-refractivity contribution in [1.29, 1.82) is 0 Å². The average Bonchev–Trinajstić information content (AvgIpc) is 2.67. The van der Waals surface area contributed by atoms with Gasteiger partial charge in [0.2, 0.25) is 11.8 Å². The van der Waals surface area contributed by atoms with E-state index in [0.717, 1.165) is 5.56 Å². The predicted molar refractivity (Wildman–Crippen MR) is 100 cm³/mol. The van der Waals surface area contributed by atoms with Crippen LogP contribution in [0.4, 0.5) is 5.69 Å². The molecular formula is C20H22N2O5. The van der Waals surface area contributed by atoms with Gasteiger partial charge in [-0.2, -0.15) is 0 Å². The number of para-hydroxylation sites is 2. The van der Waals surface area contributed by atoms with E-state index in [2.05, 4.69) is 5.32 Å². The van der Waals surface area contributed by atoms with Crippen molar-refractivity contribution in [2.75, 3.05) is 26.1 Å². The third-order valence-corrected chi connectivity index (χ3v) is 3.94. The van der Waals surface area contributed by atoms with Gasteiger partial charge in [0.05, 0.1) is 25.5 Å². The van der Waals surface area contributed by atoms with Crippen molar-refractivity contribution < 1.29 is 23.9 Å². The molecule has 0 atom stereocenters. The van der Waals surface area contributed by atoms with Crippen LogP contribution in [0, 0.1) is 0 Å². The average molecular weight is 370 g/mol. The van der Waals surface area contributed by atoms with Crippen molar-refractivity contribution in [1.82, 2.24) is 4.90 Å². The molecule has 0 spiro atoms. The quantitative estimate of drug-likeness (QED) is 0.757. The molecule has 2 aromatic carbocycles. The standard InChI is InChI=1S/C20H22N2O5/c1-14(23)22(12-15-8-4-7-11-18(15)26-2)13-19(24)21-17-10-6-5-9-16(17)20(25)27-3/h4-11H,12-13H2,1-3H3,(H,21,24). The third kappa shape index (κ3) is 5.31. The maximum Gasteiger partial charge on any atom is 0.339 e. The smallest absolute Gasteiger partial charge is 0.339 e.